The first-order valence-corrected chi connectivity index (χ1v) is 9.12. The molecule has 0 spiro atoms. The van der Waals surface area contributed by atoms with E-state index in [0.29, 0.717) is 12.0 Å². The molecule has 6 nitrogen and oxygen atoms in total. The third-order valence-electron chi connectivity index (χ3n) is 4.63. The average Bonchev–Trinajstić information content (AvgIpc) is 3.24. The molecule has 0 radical (unpaired) electrons. The molecule has 3 rings (SSSR count). The number of likely N-dealkylation sites (tertiary alicyclic amines) is 1. The van der Waals surface area contributed by atoms with Crippen LogP contribution in [-0.4, -0.2) is 44.2 Å². The Morgan fingerprint density at radius 3 is 2.52 bits per heavy atom. The van der Waals surface area contributed by atoms with E-state index in [0.717, 1.165) is 29.7 Å². The number of aromatic nitrogens is 3. The first-order chi connectivity index (χ1) is 10.8. The molecule has 1 amide bonds. The highest BCUT2D eigenvalue weighted by Gasteiger charge is 2.43. The molecule has 1 aliphatic heterocycles. The van der Waals surface area contributed by atoms with Crippen LogP contribution in [0.3, 0.4) is 0 Å². The van der Waals surface area contributed by atoms with Gasteiger partial charge in [0.1, 0.15) is 5.60 Å². The maximum absolute atomic E-state index is 12.5. The van der Waals surface area contributed by atoms with Crippen molar-refractivity contribution in [3.63, 3.8) is 0 Å². The Morgan fingerprint density at radius 1 is 1.30 bits per heavy atom. The van der Waals surface area contributed by atoms with Crippen molar-refractivity contribution in [1.29, 1.82) is 0 Å². The number of piperidine rings is 1. The van der Waals surface area contributed by atoms with E-state index in [1.54, 1.807) is 0 Å². The van der Waals surface area contributed by atoms with Gasteiger partial charge in [-0.15, -0.1) is 5.10 Å². The van der Waals surface area contributed by atoms with E-state index in [9.17, 15) is 4.79 Å². The van der Waals surface area contributed by atoms with E-state index in [4.69, 9.17) is 4.74 Å². The molecule has 0 aromatic carbocycles. The predicted molar refractivity (Wildman–Crippen MR) is 90.2 cm³/mol. The van der Waals surface area contributed by atoms with E-state index >= 15 is 0 Å². The van der Waals surface area contributed by atoms with Crippen molar-refractivity contribution in [2.24, 2.45) is 5.92 Å². The van der Waals surface area contributed by atoms with Crippen molar-refractivity contribution in [1.82, 2.24) is 19.9 Å². The minimum atomic E-state index is -0.449. The lowest BCUT2D eigenvalue weighted by Crippen LogP contribution is -2.49. The number of ether oxygens (including phenoxy) is 1. The summed E-state index contributed by atoms with van der Waals surface area (Å²) in [5.74, 6) is 0.609. The van der Waals surface area contributed by atoms with Crippen LogP contribution in [0.4, 0.5) is 4.79 Å². The molecule has 1 aromatic heterocycles. The van der Waals surface area contributed by atoms with Crippen LogP contribution in [0, 0.1) is 12.8 Å². The second-order valence-corrected chi connectivity index (χ2v) is 8.42. The van der Waals surface area contributed by atoms with Gasteiger partial charge in [0.15, 0.2) is 4.60 Å². The zero-order valence-corrected chi connectivity index (χ0v) is 15.8. The third-order valence-corrected chi connectivity index (χ3v) is 5.36. The van der Waals surface area contributed by atoms with E-state index in [-0.39, 0.29) is 12.1 Å². The molecule has 128 valence electrons. The normalized spacial score (nSPS) is 25.5. The summed E-state index contributed by atoms with van der Waals surface area (Å²) in [6, 6.07) is 0.559. The smallest absolute Gasteiger partial charge is 0.410 e. The van der Waals surface area contributed by atoms with E-state index in [1.807, 2.05) is 37.3 Å². The summed E-state index contributed by atoms with van der Waals surface area (Å²) in [4.78, 5) is 14.5. The Balaban J connectivity index is 1.74. The highest BCUT2D eigenvalue weighted by Crippen LogP contribution is 2.42. The molecule has 0 N–H and O–H groups in total. The van der Waals surface area contributed by atoms with Crippen molar-refractivity contribution >= 4 is 22.0 Å². The third kappa shape index (κ3) is 3.70. The average molecular weight is 385 g/mol. The van der Waals surface area contributed by atoms with Crippen molar-refractivity contribution in [2.45, 2.75) is 71.1 Å². The van der Waals surface area contributed by atoms with Gasteiger partial charge in [0.25, 0.3) is 0 Å². The molecule has 0 bridgehead atoms. The summed E-state index contributed by atoms with van der Waals surface area (Å²) >= 11 is 3.43. The summed E-state index contributed by atoms with van der Waals surface area (Å²) in [7, 11) is 0. The van der Waals surface area contributed by atoms with Gasteiger partial charge < -0.3 is 9.64 Å². The second-order valence-electron chi connectivity index (χ2n) is 7.67. The molecule has 2 atom stereocenters. The molecule has 1 saturated carbocycles. The second kappa shape index (κ2) is 6.07. The van der Waals surface area contributed by atoms with Crippen LogP contribution in [0.15, 0.2) is 4.60 Å². The fourth-order valence-corrected chi connectivity index (χ4v) is 3.60. The van der Waals surface area contributed by atoms with Gasteiger partial charge in [0.05, 0.1) is 11.7 Å². The number of carbonyl (C=O) groups excluding carboxylic acids is 1. The van der Waals surface area contributed by atoms with Gasteiger partial charge in [-0.3, -0.25) is 0 Å². The summed E-state index contributed by atoms with van der Waals surface area (Å²) in [5.41, 5.74) is 0.602. The largest absolute Gasteiger partial charge is 0.444 e. The monoisotopic (exact) mass is 384 g/mol. The van der Waals surface area contributed by atoms with E-state index < -0.39 is 5.60 Å². The van der Waals surface area contributed by atoms with Gasteiger partial charge in [-0.05, 0) is 75.2 Å². The summed E-state index contributed by atoms with van der Waals surface area (Å²) in [6.07, 6.45) is 4.05. The van der Waals surface area contributed by atoms with E-state index in [2.05, 4.69) is 26.2 Å². The summed E-state index contributed by atoms with van der Waals surface area (Å²) in [6.45, 7) is 8.49. The molecule has 2 aliphatic rings. The van der Waals surface area contributed by atoms with Crippen LogP contribution in [0.1, 0.15) is 58.2 Å². The van der Waals surface area contributed by atoms with Gasteiger partial charge in [0.2, 0.25) is 0 Å². The molecule has 2 unspecified atom stereocenters. The van der Waals surface area contributed by atoms with Crippen molar-refractivity contribution < 1.29 is 9.53 Å². The van der Waals surface area contributed by atoms with Crippen LogP contribution in [-0.2, 0) is 4.74 Å². The van der Waals surface area contributed by atoms with Crippen molar-refractivity contribution in [3.05, 3.63) is 10.3 Å². The Bertz CT molecular complexity index is 591. The predicted octanol–water partition coefficient (Wildman–Crippen LogP) is 3.70. The maximum Gasteiger partial charge on any atom is 0.410 e. The number of hydrogen-bond acceptors (Lipinski definition) is 4. The summed E-state index contributed by atoms with van der Waals surface area (Å²) < 4.78 is 8.41. The molecule has 1 aromatic rings. The van der Waals surface area contributed by atoms with Crippen LogP contribution >= 0.6 is 15.9 Å². The van der Waals surface area contributed by atoms with Gasteiger partial charge in [-0.1, -0.05) is 5.21 Å². The number of hydrogen-bond donors (Lipinski definition) is 0. The number of halogens is 1. The number of rotatable bonds is 2. The molecule has 2 heterocycles. The number of carbonyl (C=O) groups is 1. The lowest BCUT2D eigenvalue weighted by atomic mass is 9.94. The van der Waals surface area contributed by atoms with Crippen molar-refractivity contribution in [2.75, 3.05) is 6.54 Å². The minimum Gasteiger partial charge on any atom is -0.444 e. The van der Waals surface area contributed by atoms with Crippen LogP contribution < -0.4 is 0 Å². The fraction of sp³-hybridized carbons (Fsp3) is 0.812. The standard InChI is InChI=1S/C16H25BrN4O2/c1-10-14(17)18-19-21(10)12-7-8-20(13(9-12)11-5-6-11)15(22)23-16(2,3)4/h11-13H,5-9H2,1-4H3. The molecule has 23 heavy (non-hydrogen) atoms. The van der Waals surface area contributed by atoms with Gasteiger partial charge >= 0.3 is 6.09 Å². The van der Waals surface area contributed by atoms with Crippen LogP contribution in [0.25, 0.3) is 0 Å². The quantitative estimate of drug-likeness (QED) is 0.779. The van der Waals surface area contributed by atoms with Gasteiger partial charge in [-0.25, -0.2) is 9.48 Å². The fourth-order valence-electron chi connectivity index (χ4n) is 3.34. The molecular formula is C16H25BrN4O2. The molecule has 7 heteroatoms. The van der Waals surface area contributed by atoms with Crippen LogP contribution in [0.2, 0.25) is 0 Å². The first-order valence-electron chi connectivity index (χ1n) is 8.33. The highest BCUT2D eigenvalue weighted by molar-refractivity contribution is 9.10. The lowest BCUT2D eigenvalue weighted by Gasteiger charge is -2.40. The van der Waals surface area contributed by atoms with Crippen LogP contribution in [0.5, 0.6) is 0 Å². The van der Waals surface area contributed by atoms with Gasteiger partial charge in [-0.2, -0.15) is 0 Å². The van der Waals surface area contributed by atoms with E-state index in [1.165, 1.54) is 12.8 Å². The Labute approximate surface area is 145 Å². The Morgan fingerprint density at radius 2 is 2.00 bits per heavy atom. The topological polar surface area (TPSA) is 60.2 Å². The van der Waals surface area contributed by atoms with Crippen molar-refractivity contribution in [3.8, 4) is 0 Å². The summed E-state index contributed by atoms with van der Waals surface area (Å²) in [5, 5.41) is 8.37. The number of amides is 1. The Hall–Kier alpha value is -1.11. The SMILES string of the molecule is Cc1c(Br)nnn1C1CCN(C(=O)OC(C)(C)C)C(C2CC2)C1. The highest BCUT2D eigenvalue weighted by atomic mass is 79.9. The maximum atomic E-state index is 12.5. The number of nitrogens with zero attached hydrogens (tertiary/aromatic N) is 4. The molecule has 1 aliphatic carbocycles. The first kappa shape index (κ1) is 16.7. The molecule has 2 fully saturated rings. The minimum absolute atomic E-state index is 0.177. The Kier molecular flexibility index (Phi) is 4.42. The zero-order valence-electron chi connectivity index (χ0n) is 14.3. The van der Waals surface area contributed by atoms with Gasteiger partial charge in [0, 0.05) is 12.6 Å². The lowest BCUT2D eigenvalue weighted by molar-refractivity contribution is 0.00131. The molecular weight excluding hydrogens is 360 g/mol. The zero-order chi connectivity index (χ0) is 16.8. The molecule has 1 saturated heterocycles.